The number of hydrogen-bond acceptors (Lipinski definition) is 8. The van der Waals surface area contributed by atoms with Crippen molar-refractivity contribution in [3.05, 3.63) is 106 Å². The van der Waals surface area contributed by atoms with Crippen LogP contribution >= 0.6 is 0 Å². The molecule has 1 aliphatic heterocycles. The van der Waals surface area contributed by atoms with E-state index in [2.05, 4.69) is 34.2 Å². The van der Waals surface area contributed by atoms with Gasteiger partial charge in [-0.15, -0.1) is 0 Å². The molecule has 0 radical (unpaired) electrons. The summed E-state index contributed by atoms with van der Waals surface area (Å²) >= 11 is 0. The molecule has 45 heavy (non-hydrogen) atoms. The molecule has 1 amide bonds. The van der Waals surface area contributed by atoms with E-state index < -0.39 is 5.82 Å². The van der Waals surface area contributed by atoms with Gasteiger partial charge < -0.3 is 18.7 Å². The largest absolute Gasteiger partial charge is 0.457 e. The predicted octanol–water partition coefficient (Wildman–Crippen LogP) is 5.94. The number of amides is 1. The molecular formula is C34H31FN6O4. The second-order valence-electron chi connectivity index (χ2n) is 11.9. The first-order valence-electron chi connectivity index (χ1n) is 15.0. The summed E-state index contributed by atoms with van der Waals surface area (Å²) in [5.41, 5.74) is 3.47. The molecule has 4 heterocycles. The first kappa shape index (κ1) is 28.6. The van der Waals surface area contributed by atoms with Crippen LogP contribution in [0.2, 0.25) is 0 Å². The molecule has 2 aromatic carbocycles. The van der Waals surface area contributed by atoms with Crippen LogP contribution < -0.4 is 10.3 Å². The lowest BCUT2D eigenvalue weighted by atomic mass is 10.1. The van der Waals surface area contributed by atoms with Gasteiger partial charge in [0.15, 0.2) is 5.82 Å². The Morgan fingerprint density at radius 1 is 0.978 bits per heavy atom. The number of hydrogen-bond donors (Lipinski definition) is 0. The van der Waals surface area contributed by atoms with Gasteiger partial charge in [0.2, 0.25) is 5.91 Å². The van der Waals surface area contributed by atoms with Crippen LogP contribution in [0.4, 0.5) is 4.39 Å². The molecule has 1 saturated heterocycles. The highest BCUT2D eigenvalue weighted by atomic mass is 19.1. The van der Waals surface area contributed by atoms with Crippen molar-refractivity contribution in [1.29, 1.82) is 0 Å². The molecule has 2 aliphatic rings. The van der Waals surface area contributed by atoms with Gasteiger partial charge in [-0.3, -0.25) is 9.59 Å². The Morgan fingerprint density at radius 3 is 2.51 bits per heavy atom. The minimum absolute atomic E-state index is 0.0817. The quantitative estimate of drug-likeness (QED) is 0.203. The molecule has 5 aromatic rings. The number of benzene rings is 2. The number of ether oxygens (including phenoxy) is 1. The summed E-state index contributed by atoms with van der Waals surface area (Å²) in [5, 5.41) is 12.9. The predicted molar refractivity (Wildman–Crippen MR) is 163 cm³/mol. The number of halogens is 1. The van der Waals surface area contributed by atoms with Crippen molar-refractivity contribution < 1.29 is 18.4 Å². The van der Waals surface area contributed by atoms with Gasteiger partial charge in [0.05, 0.1) is 17.9 Å². The number of aromatic nitrogens is 5. The first-order valence-corrected chi connectivity index (χ1v) is 15.0. The second-order valence-corrected chi connectivity index (χ2v) is 11.9. The summed E-state index contributed by atoms with van der Waals surface area (Å²) in [6, 6.07) is 19.4. The van der Waals surface area contributed by atoms with Gasteiger partial charge in [-0.1, -0.05) is 25.1 Å². The van der Waals surface area contributed by atoms with E-state index in [9.17, 15) is 14.0 Å². The Morgan fingerprint density at radius 2 is 1.78 bits per heavy atom. The van der Waals surface area contributed by atoms with Crippen molar-refractivity contribution in [1.82, 2.24) is 29.8 Å². The van der Waals surface area contributed by atoms with E-state index in [0.717, 1.165) is 35.9 Å². The smallest absolute Gasteiger partial charge is 0.258 e. The fourth-order valence-electron chi connectivity index (χ4n) is 5.51. The molecule has 2 fully saturated rings. The third kappa shape index (κ3) is 6.11. The van der Waals surface area contributed by atoms with Gasteiger partial charge in [-0.25, -0.2) is 4.39 Å². The van der Waals surface area contributed by atoms with E-state index in [1.807, 2.05) is 41.3 Å². The summed E-state index contributed by atoms with van der Waals surface area (Å²) in [6.45, 7) is 4.82. The van der Waals surface area contributed by atoms with Crippen LogP contribution in [0.5, 0.6) is 11.5 Å². The average Bonchev–Trinajstić information content (AvgIpc) is 3.63. The topological polar surface area (TPSA) is 116 Å². The second kappa shape index (κ2) is 11.7. The molecule has 0 bridgehead atoms. The molecule has 7 rings (SSSR count). The highest BCUT2D eigenvalue weighted by Gasteiger charge is 2.41. The number of pyridine rings is 1. The highest BCUT2D eigenvalue weighted by molar-refractivity contribution is 5.80. The molecular weight excluding hydrogens is 575 g/mol. The van der Waals surface area contributed by atoms with Crippen LogP contribution in [-0.4, -0.2) is 48.3 Å². The van der Waals surface area contributed by atoms with Gasteiger partial charge in [-0.2, -0.15) is 15.2 Å². The molecule has 1 atom stereocenters. The Kier molecular flexibility index (Phi) is 7.44. The molecule has 10 nitrogen and oxygen atoms in total. The molecule has 11 heteroatoms. The maximum Gasteiger partial charge on any atom is 0.258 e. The van der Waals surface area contributed by atoms with Crippen LogP contribution in [0.25, 0.3) is 22.7 Å². The molecule has 1 aliphatic carbocycles. The average molecular weight is 607 g/mol. The summed E-state index contributed by atoms with van der Waals surface area (Å²) in [7, 11) is 0. The molecule has 0 N–H and O–H groups in total. The van der Waals surface area contributed by atoms with E-state index in [4.69, 9.17) is 9.26 Å². The molecule has 0 spiro atoms. The summed E-state index contributed by atoms with van der Waals surface area (Å²) in [5.74, 6) is 1.57. The Bertz CT molecular complexity index is 1910. The summed E-state index contributed by atoms with van der Waals surface area (Å²) < 4.78 is 27.2. The molecule has 228 valence electrons. The van der Waals surface area contributed by atoms with Crippen molar-refractivity contribution >= 4 is 5.91 Å². The fourth-order valence-corrected chi connectivity index (χ4v) is 5.51. The van der Waals surface area contributed by atoms with E-state index >= 15 is 0 Å². The van der Waals surface area contributed by atoms with Gasteiger partial charge in [0, 0.05) is 53.9 Å². The number of carbonyl (C=O) groups excluding carboxylic acids is 1. The minimum atomic E-state index is -0.516. The minimum Gasteiger partial charge on any atom is -0.457 e. The Hall–Kier alpha value is -5.19. The van der Waals surface area contributed by atoms with Crippen LogP contribution in [0, 0.1) is 5.82 Å². The lowest BCUT2D eigenvalue weighted by molar-refractivity contribution is -0.128. The number of carbonyl (C=O) groups is 1. The summed E-state index contributed by atoms with van der Waals surface area (Å²) in [6.07, 6.45) is 3.64. The fraction of sp³-hybridized carbons (Fsp3) is 0.294. The van der Waals surface area contributed by atoms with E-state index in [0.29, 0.717) is 59.3 Å². The van der Waals surface area contributed by atoms with E-state index in [1.165, 1.54) is 16.8 Å². The van der Waals surface area contributed by atoms with Crippen molar-refractivity contribution in [2.45, 2.75) is 57.5 Å². The van der Waals surface area contributed by atoms with E-state index in [-0.39, 0.29) is 23.9 Å². The molecule has 3 aromatic heterocycles. The zero-order valence-corrected chi connectivity index (χ0v) is 24.9. The van der Waals surface area contributed by atoms with Crippen molar-refractivity contribution in [3.63, 3.8) is 0 Å². The number of likely N-dealkylation sites (tertiary alicyclic amines) is 1. The lowest BCUT2D eigenvalue weighted by Crippen LogP contribution is -2.27. The molecule has 1 unspecified atom stereocenters. The van der Waals surface area contributed by atoms with E-state index in [1.54, 1.807) is 18.2 Å². The standard InChI is InChI=1S/C34H31FN6O4/c1-20(2)28-12-13-29(38-37-28)21-5-10-27(11-6-21)44-30-15-22(3-4-23(30)17-40-19-25(35)7-14-31(40)42)34-36-33(39-45-34)24-16-32(43)41(18-24)26-8-9-26/h3-7,10-15,19-20,24,26H,8-9,16-18H2,1-2H3. The van der Waals surface area contributed by atoms with Gasteiger partial charge in [0.1, 0.15) is 17.3 Å². The Labute approximate surface area is 258 Å². The zero-order chi connectivity index (χ0) is 31.1. The monoisotopic (exact) mass is 606 g/mol. The summed E-state index contributed by atoms with van der Waals surface area (Å²) in [4.78, 5) is 31.5. The zero-order valence-electron chi connectivity index (χ0n) is 24.9. The van der Waals surface area contributed by atoms with Crippen molar-refractivity contribution in [2.24, 2.45) is 0 Å². The highest BCUT2D eigenvalue weighted by Crippen LogP contribution is 2.37. The van der Waals surface area contributed by atoms with Gasteiger partial charge in [0.25, 0.3) is 11.4 Å². The van der Waals surface area contributed by atoms with Crippen LogP contribution in [0.3, 0.4) is 0 Å². The van der Waals surface area contributed by atoms with Crippen LogP contribution in [0.1, 0.15) is 62.0 Å². The normalized spacial score (nSPS) is 16.5. The van der Waals surface area contributed by atoms with Gasteiger partial charge >= 0.3 is 0 Å². The Balaban J connectivity index is 1.17. The van der Waals surface area contributed by atoms with Crippen molar-refractivity contribution in [2.75, 3.05) is 6.54 Å². The molecule has 1 saturated carbocycles. The number of rotatable bonds is 9. The van der Waals surface area contributed by atoms with Crippen LogP contribution in [0.15, 0.2) is 82.2 Å². The maximum absolute atomic E-state index is 14.0. The third-order valence-electron chi connectivity index (χ3n) is 8.21. The van der Waals surface area contributed by atoms with Crippen LogP contribution in [-0.2, 0) is 11.3 Å². The SMILES string of the molecule is CC(C)c1ccc(-c2ccc(Oc3cc(-c4nc(C5CC(=O)N(C6CC6)C5)no4)ccc3Cn3cc(F)ccc3=O)cc2)nn1. The van der Waals surface area contributed by atoms with Gasteiger partial charge in [-0.05, 0) is 73.4 Å². The lowest BCUT2D eigenvalue weighted by Gasteiger charge is -2.14. The van der Waals surface area contributed by atoms with Crippen molar-refractivity contribution in [3.8, 4) is 34.2 Å². The number of nitrogens with zero attached hydrogens (tertiary/aromatic N) is 6. The maximum atomic E-state index is 14.0. The third-order valence-corrected chi connectivity index (χ3v) is 8.21. The first-order chi connectivity index (χ1) is 21.8.